The molecule has 0 spiro atoms. The van der Waals surface area contributed by atoms with Crippen LogP contribution in [0.2, 0.25) is 0 Å². The van der Waals surface area contributed by atoms with Gasteiger partial charge in [0.2, 0.25) is 5.91 Å². The third-order valence-electron chi connectivity index (χ3n) is 11.2. The molecule has 3 aromatic carbocycles. The third-order valence-corrected chi connectivity index (χ3v) is 12.5. The number of likely N-dealkylation sites (N-methyl/N-ethyl adjacent to an activating group) is 1. The molecule has 4 N–H and O–H groups in total. The SMILES string of the molecule is CC[C@H](C)[C@@H](C[C@@](NC)(C(=O)N[C@@H](CCSC)C(=O)O)[C@@H](C)CC)N(CCC(S)C(c1ccccc1)(c1ccccc1)c1ccccc1)NC(=O)OC(C)(C)C. The number of thioether (sulfide) groups is 1. The lowest BCUT2D eigenvalue weighted by Gasteiger charge is -2.46. The largest absolute Gasteiger partial charge is 0.480 e. The molecule has 0 aliphatic rings. The predicted octanol–water partition coefficient (Wildman–Crippen LogP) is 8.58. The number of hydrogen-bond donors (Lipinski definition) is 5. The van der Waals surface area contributed by atoms with Gasteiger partial charge < -0.3 is 20.5 Å². The Hall–Kier alpha value is -3.51. The minimum atomic E-state index is -1.16. The molecule has 3 rings (SSSR count). The fourth-order valence-corrected chi connectivity index (χ4v) is 8.74. The molecule has 56 heavy (non-hydrogen) atoms. The molecular formula is C45H66N4O5S2. The highest BCUT2D eigenvalue weighted by Crippen LogP contribution is 2.45. The zero-order valence-electron chi connectivity index (χ0n) is 34.9. The van der Waals surface area contributed by atoms with Gasteiger partial charge in [-0.2, -0.15) is 24.4 Å². The highest BCUT2D eigenvalue weighted by molar-refractivity contribution is 7.98. The first-order chi connectivity index (χ1) is 26.6. The highest BCUT2D eigenvalue weighted by atomic mass is 32.2. The summed E-state index contributed by atoms with van der Waals surface area (Å²) in [6, 6.07) is 29.9. The lowest BCUT2D eigenvalue weighted by molar-refractivity contribution is -0.144. The monoisotopic (exact) mass is 806 g/mol. The standard InChI is InChI=1S/C45H66N4O5S2/c1-10-32(3)38(31-44(46-8,33(4)11-2)41(52)47-37(40(50)51)28-30-56-9)49(48-42(53)54-43(5,6)7)29-27-39(55)45(34-21-15-12-16-22-34,35-23-17-13-18-24-35)36-25-19-14-20-26-36/h12-26,32-33,37-39,46,55H,10-11,27-31H2,1-9H3,(H,47,52)(H,48,53)(H,50,51)/t32-,33-,37-,38+,39?,44-/m0/s1. The molecule has 6 atom stereocenters. The van der Waals surface area contributed by atoms with Crippen molar-refractivity contribution >= 4 is 42.4 Å². The minimum Gasteiger partial charge on any atom is -0.480 e. The summed E-state index contributed by atoms with van der Waals surface area (Å²) < 4.78 is 5.83. The highest BCUT2D eigenvalue weighted by Gasteiger charge is 2.47. The van der Waals surface area contributed by atoms with E-state index in [1.807, 2.05) is 64.1 Å². The summed E-state index contributed by atoms with van der Waals surface area (Å²) in [4.78, 5) is 40.6. The number of amides is 2. The van der Waals surface area contributed by atoms with Crippen molar-refractivity contribution in [3.63, 3.8) is 0 Å². The molecule has 0 aromatic heterocycles. The van der Waals surface area contributed by atoms with Crippen LogP contribution in [0.3, 0.4) is 0 Å². The van der Waals surface area contributed by atoms with Crippen LogP contribution in [0.15, 0.2) is 91.0 Å². The molecule has 308 valence electrons. The number of nitrogens with zero attached hydrogens (tertiary/aromatic N) is 1. The summed E-state index contributed by atoms with van der Waals surface area (Å²) in [6.07, 6.45) is 3.88. The smallest absolute Gasteiger partial charge is 0.422 e. The molecule has 1 unspecified atom stereocenters. The first-order valence-electron chi connectivity index (χ1n) is 19.9. The molecule has 11 heteroatoms. The summed E-state index contributed by atoms with van der Waals surface area (Å²) in [7, 11) is 1.76. The van der Waals surface area contributed by atoms with E-state index in [1.54, 1.807) is 7.05 Å². The van der Waals surface area contributed by atoms with E-state index in [1.165, 1.54) is 11.8 Å². The number of rotatable bonds is 22. The maximum atomic E-state index is 14.5. The molecule has 0 radical (unpaired) electrons. The van der Waals surface area contributed by atoms with Crippen molar-refractivity contribution in [2.45, 2.75) is 114 Å². The van der Waals surface area contributed by atoms with Crippen molar-refractivity contribution in [3.05, 3.63) is 108 Å². The Kier molecular flexibility index (Phi) is 18.3. The van der Waals surface area contributed by atoms with Crippen LogP contribution in [0.4, 0.5) is 4.79 Å². The van der Waals surface area contributed by atoms with Crippen molar-refractivity contribution in [2.24, 2.45) is 11.8 Å². The number of thiol groups is 1. The Morgan fingerprint density at radius 2 is 1.34 bits per heavy atom. The number of carboxylic acids is 1. The number of carboxylic acid groups (broad SMARTS) is 1. The number of hydrogen-bond acceptors (Lipinski definition) is 8. The first kappa shape index (κ1) is 46.9. The Morgan fingerprint density at radius 3 is 1.73 bits per heavy atom. The third kappa shape index (κ3) is 11.8. The van der Waals surface area contributed by atoms with Gasteiger partial charge in [0, 0.05) is 17.8 Å². The lowest BCUT2D eigenvalue weighted by atomic mass is 9.66. The van der Waals surface area contributed by atoms with E-state index in [9.17, 15) is 19.5 Å². The van der Waals surface area contributed by atoms with Gasteiger partial charge in [-0.05, 0) is 87.6 Å². The second-order valence-corrected chi connectivity index (χ2v) is 17.5. The van der Waals surface area contributed by atoms with E-state index in [2.05, 4.69) is 103 Å². The normalized spacial score (nSPS) is 15.8. The fourth-order valence-electron chi connectivity index (χ4n) is 7.71. The quantitative estimate of drug-likeness (QED) is 0.0390. The van der Waals surface area contributed by atoms with Crippen molar-refractivity contribution in [2.75, 3.05) is 25.6 Å². The van der Waals surface area contributed by atoms with Gasteiger partial charge in [-0.3, -0.25) is 10.2 Å². The van der Waals surface area contributed by atoms with Gasteiger partial charge in [-0.25, -0.2) is 14.6 Å². The lowest BCUT2D eigenvalue weighted by Crippen LogP contribution is -2.66. The van der Waals surface area contributed by atoms with Crippen LogP contribution in [0.5, 0.6) is 0 Å². The Labute approximate surface area is 345 Å². The number of carbonyl (C=O) groups excluding carboxylic acids is 2. The van der Waals surface area contributed by atoms with Crippen LogP contribution in [0.25, 0.3) is 0 Å². The van der Waals surface area contributed by atoms with Crippen LogP contribution in [-0.4, -0.2) is 82.2 Å². The average molecular weight is 807 g/mol. The average Bonchev–Trinajstić information content (AvgIpc) is 3.18. The molecule has 0 bridgehead atoms. The molecule has 0 aliphatic carbocycles. The summed E-state index contributed by atoms with van der Waals surface area (Å²) in [6.45, 7) is 14.1. The molecule has 0 saturated carbocycles. The Bertz CT molecular complexity index is 1550. The number of hydrazine groups is 1. The van der Waals surface area contributed by atoms with Gasteiger partial charge in [0.15, 0.2) is 0 Å². The zero-order chi connectivity index (χ0) is 41.5. The molecule has 3 aromatic rings. The molecule has 2 amide bonds. The van der Waals surface area contributed by atoms with E-state index in [4.69, 9.17) is 17.4 Å². The van der Waals surface area contributed by atoms with Gasteiger partial charge in [0.05, 0.1) is 5.41 Å². The predicted molar refractivity (Wildman–Crippen MR) is 234 cm³/mol. The van der Waals surface area contributed by atoms with E-state index >= 15 is 0 Å². The van der Waals surface area contributed by atoms with E-state index in [0.29, 0.717) is 38.0 Å². The molecule has 0 fully saturated rings. The van der Waals surface area contributed by atoms with Crippen LogP contribution >= 0.6 is 24.4 Å². The van der Waals surface area contributed by atoms with E-state index in [-0.39, 0.29) is 29.0 Å². The summed E-state index contributed by atoms with van der Waals surface area (Å²) in [5.74, 6) is -1.01. The second-order valence-electron chi connectivity index (χ2n) is 15.9. The van der Waals surface area contributed by atoms with Gasteiger partial charge in [-0.1, -0.05) is 132 Å². The topological polar surface area (TPSA) is 120 Å². The van der Waals surface area contributed by atoms with Gasteiger partial charge >= 0.3 is 12.1 Å². The number of carbonyl (C=O) groups is 3. The second kappa shape index (κ2) is 21.9. The van der Waals surface area contributed by atoms with Crippen molar-refractivity contribution in [1.29, 1.82) is 0 Å². The Morgan fingerprint density at radius 1 is 0.839 bits per heavy atom. The van der Waals surface area contributed by atoms with E-state index < -0.39 is 34.7 Å². The maximum absolute atomic E-state index is 14.5. The van der Waals surface area contributed by atoms with Crippen molar-refractivity contribution in [3.8, 4) is 0 Å². The summed E-state index contributed by atoms with van der Waals surface area (Å²) in [5, 5.41) is 18.0. The van der Waals surface area contributed by atoms with Gasteiger partial charge in [0.1, 0.15) is 17.2 Å². The first-order valence-corrected chi connectivity index (χ1v) is 21.8. The summed E-state index contributed by atoms with van der Waals surface area (Å²) >= 11 is 7.03. The minimum absolute atomic E-state index is 0.00164. The number of ether oxygens (including phenoxy) is 1. The molecule has 0 aliphatic heterocycles. The molecular weight excluding hydrogens is 741 g/mol. The fraction of sp³-hybridized carbons (Fsp3) is 0.533. The van der Waals surface area contributed by atoms with Gasteiger partial charge in [0.25, 0.3) is 0 Å². The van der Waals surface area contributed by atoms with Gasteiger partial charge in [-0.15, -0.1) is 0 Å². The number of aliphatic carboxylic acids is 1. The van der Waals surface area contributed by atoms with Crippen LogP contribution < -0.4 is 16.1 Å². The van der Waals surface area contributed by atoms with Crippen molar-refractivity contribution in [1.82, 2.24) is 21.1 Å². The molecule has 0 heterocycles. The Balaban J connectivity index is 2.19. The van der Waals surface area contributed by atoms with E-state index in [0.717, 1.165) is 23.1 Å². The summed E-state index contributed by atoms with van der Waals surface area (Å²) in [5.41, 5.74) is 3.85. The number of nitrogens with one attached hydrogen (secondary N) is 3. The van der Waals surface area contributed by atoms with Crippen LogP contribution in [0, 0.1) is 11.8 Å². The zero-order valence-corrected chi connectivity index (χ0v) is 36.6. The van der Waals surface area contributed by atoms with Crippen LogP contribution in [0.1, 0.15) is 97.3 Å². The van der Waals surface area contributed by atoms with Crippen LogP contribution in [-0.2, 0) is 19.7 Å². The maximum Gasteiger partial charge on any atom is 0.422 e. The molecule has 0 saturated heterocycles. The number of benzene rings is 3. The molecule has 9 nitrogen and oxygen atoms in total. The van der Waals surface area contributed by atoms with Crippen molar-refractivity contribution < 1.29 is 24.2 Å².